The SMILES string of the molecule is COc1cc2nc(C[NH+](C)CC(=O)Nc3ccccc3Cl)[nH]c(=O)c2cc1OC. The molecule has 1 amide bonds. The standard InChI is InChI=1S/C20H21ClN4O4/c1-25(11-19(26)23-14-7-5-4-6-13(14)21)10-18-22-15-9-17(29-3)16(28-2)8-12(15)20(27)24-18/h4-9H,10-11H2,1-3H3,(H,23,26)(H,22,24,27)/p+1. The van der Waals surface area contributed by atoms with Crippen LogP contribution in [0.3, 0.4) is 0 Å². The third-order valence-corrected chi connectivity index (χ3v) is 4.67. The zero-order chi connectivity index (χ0) is 21.0. The number of carbonyl (C=O) groups excluding carboxylic acids is 1. The molecule has 9 heteroatoms. The van der Waals surface area contributed by atoms with E-state index in [1.165, 1.54) is 14.2 Å². The molecule has 3 rings (SSSR count). The fourth-order valence-corrected chi connectivity index (χ4v) is 3.16. The van der Waals surface area contributed by atoms with Gasteiger partial charge in [0.15, 0.2) is 23.9 Å². The van der Waals surface area contributed by atoms with Crippen LogP contribution in [-0.4, -0.2) is 43.7 Å². The molecule has 1 heterocycles. The number of ether oxygens (including phenoxy) is 2. The van der Waals surface area contributed by atoms with E-state index in [4.69, 9.17) is 21.1 Å². The first-order chi connectivity index (χ1) is 13.9. The van der Waals surface area contributed by atoms with Crippen molar-refractivity contribution < 1.29 is 19.2 Å². The molecule has 0 bridgehead atoms. The number of anilines is 1. The maximum atomic E-state index is 12.5. The van der Waals surface area contributed by atoms with Crippen LogP contribution in [-0.2, 0) is 11.3 Å². The zero-order valence-corrected chi connectivity index (χ0v) is 17.1. The number of nitrogens with one attached hydrogen (secondary N) is 3. The Labute approximate surface area is 172 Å². The number of para-hydroxylation sites is 1. The van der Waals surface area contributed by atoms with E-state index in [2.05, 4.69) is 15.3 Å². The van der Waals surface area contributed by atoms with Gasteiger partial charge in [-0.15, -0.1) is 0 Å². The van der Waals surface area contributed by atoms with E-state index in [9.17, 15) is 9.59 Å². The van der Waals surface area contributed by atoms with E-state index in [-0.39, 0.29) is 18.0 Å². The molecule has 0 saturated heterocycles. The molecular weight excluding hydrogens is 396 g/mol. The van der Waals surface area contributed by atoms with E-state index in [1.54, 1.807) is 36.4 Å². The summed E-state index contributed by atoms with van der Waals surface area (Å²) in [6.07, 6.45) is 0. The summed E-state index contributed by atoms with van der Waals surface area (Å²) in [6.45, 7) is 0.536. The third kappa shape index (κ3) is 4.85. The van der Waals surface area contributed by atoms with Crippen molar-refractivity contribution >= 4 is 34.1 Å². The predicted octanol–water partition coefficient (Wildman–Crippen LogP) is 1.25. The summed E-state index contributed by atoms with van der Waals surface area (Å²) in [5.74, 6) is 1.23. The third-order valence-electron chi connectivity index (χ3n) is 4.34. The molecule has 0 radical (unpaired) electrons. The van der Waals surface area contributed by atoms with Gasteiger partial charge < -0.3 is 24.7 Å². The molecule has 0 fully saturated rings. The summed E-state index contributed by atoms with van der Waals surface area (Å²) in [7, 11) is 4.87. The van der Waals surface area contributed by atoms with Gasteiger partial charge in [-0.1, -0.05) is 23.7 Å². The molecule has 1 atom stereocenters. The molecule has 1 aromatic heterocycles. The predicted molar refractivity (Wildman–Crippen MR) is 111 cm³/mol. The van der Waals surface area contributed by atoms with Gasteiger partial charge in [0.25, 0.3) is 11.5 Å². The zero-order valence-electron chi connectivity index (χ0n) is 16.3. The summed E-state index contributed by atoms with van der Waals surface area (Å²) in [4.78, 5) is 32.9. The van der Waals surface area contributed by atoms with Crippen LogP contribution in [0.25, 0.3) is 10.9 Å². The molecule has 0 aliphatic rings. The molecular formula is C20H22ClN4O4+. The average Bonchev–Trinajstić information content (AvgIpc) is 2.68. The van der Waals surface area contributed by atoms with Crippen LogP contribution in [0.1, 0.15) is 5.82 Å². The molecule has 2 aromatic carbocycles. The Morgan fingerprint density at radius 1 is 1.21 bits per heavy atom. The molecule has 0 spiro atoms. The topological polar surface area (TPSA) is 97.8 Å². The Hall–Kier alpha value is -3.10. The van der Waals surface area contributed by atoms with Gasteiger partial charge in [-0.2, -0.15) is 0 Å². The number of carbonyl (C=O) groups is 1. The van der Waals surface area contributed by atoms with Crippen LogP contribution < -0.4 is 25.2 Å². The van der Waals surface area contributed by atoms with Crippen LogP contribution in [0.2, 0.25) is 5.02 Å². The van der Waals surface area contributed by atoms with Gasteiger partial charge in [0, 0.05) is 6.07 Å². The summed E-state index contributed by atoms with van der Waals surface area (Å²) in [5.41, 5.74) is 0.777. The number of halogens is 1. The lowest BCUT2D eigenvalue weighted by molar-refractivity contribution is -0.885. The first kappa shape index (κ1) is 20.6. The van der Waals surface area contributed by atoms with Gasteiger partial charge in [-0.25, -0.2) is 4.98 Å². The number of rotatable bonds is 7. The Balaban J connectivity index is 1.74. The van der Waals surface area contributed by atoms with Crippen molar-refractivity contribution in [1.29, 1.82) is 0 Å². The highest BCUT2D eigenvalue weighted by Gasteiger charge is 2.15. The van der Waals surface area contributed by atoms with Gasteiger partial charge in [-0.05, 0) is 18.2 Å². The van der Waals surface area contributed by atoms with Gasteiger partial charge >= 0.3 is 0 Å². The first-order valence-corrected chi connectivity index (χ1v) is 9.29. The molecule has 8 nitrogen and oxygen atoms in total. The number of H-pyrrole nitrogens is 1. The van der Waals surface area contributed by atoms with Crippen LogP contribution in [0.5, 0.6) is 11.5 Å². The molecule has 3 aromatic rings. The Bertz CT molecular complexity index is 1100. The maximum absolute atomic E-state index is 12.5. The smallest absolute Gasteiger partial charge is 0.279 e. The summed E-state index contributed by atoms with van der Waals surface area (Å²) >= 11 is 6.06. The summed E-state index contributed by atoms with van der Waals surface area (Å²) < 4.78 is 10.5. The number of fused-ring (bicyclic) bond motifs is 1. The van der Waals surface area contributed by atoms with Gasteiger partial charge in [0.2, 0.25) is 0 Å². The number of aromatic nitrogens is 2. The van der Waals surface area contributed by atoms with Gasteiger partial charge in [0.05, 0.1) is 42.9 Å². The highest BCUT2D eigenvalue weighted by Crippen LogP contribution is 2.29. The molecule has 0 saturated carbocycles. The molecule has 0 aliphatic heterocycles. The Morgan fingerprint density at radius 2 is 1.90 bits per heavy atom. The number of methoxy groups -OCH3 is 2. The summed E-state index contributed by atoms with van der Waals surface area (Å²) in [5, 5.41) is 3.66. The number of hydrogen-bond donors (Lipinski definition) is 3. The minimum atomic E-state index is -0.278. The average molecular weight is 418 g/mol. The van der Waals surface area contributed by atoms with Crippen molar-refractivity contribution in [3.05, 3.63) is 57.6 Å². The second kappa shape index (κ2) is 8.93. The van der Waals surface area contributed by atoms with Crippen molar-refractivity contribution in [2.24, 2.45) is 0 Å². The van der Waals surface area contributed by atoms with Crippen molar-refractivity contribution in [3.8, 4) is 11.5 Å². The quantitative estimate of drug-likeness (QED) is 0.537. The van der Waals surface area contributed by atoms with Crippen molar-refractivity contribution in [1.82, 2.24) is 9.97 Å². The minimum Gasteiger partial charge on any atom is -0.493 e. The van der Waals surface area contributed by atoms with Crippen molar-refractivity contribution in [2.45, 2.75) is 6.54 Å². The van der Waals surface area contributed by atoms with Gasteiger partial charge in [-0.3, -0.25) is 9.59 Å². The highest BCUT2D eigenvalue weighted by atomic mass is 35.5. The Kier molecular flexibility index (Phi) is 6.36. The van der Waals surface area contributed by atoms with Crippen molar-refractivity contribution in [2.75, 3.05) is 33.1 Å². The molecule has 152 valence electrons. The second-order valence-corrected chi connectivity index (χ2v) is 6.98. The number of nitrogens with zero attached hydrogens (tertiary/aromatic N) is 1. The number of hydrogen-bond acceptors (Lipinski definition) is 5. The molecule has 3 N–H and O–H groups in total. The second-order valence-electron chi connectivity index (χ2n) is 6.58. The maximum Gasteiger partial charge on any atom is 0.279 e. The number of benzene rings is 2. The fourth-order valence-electron chi connectivity index (χ4n) is 2.98. The van der Waals surface area contributed by atoms with Crippen LogP contribution >= 0.6 is 11.6 Å². The van der Waals surface area contributed by atoms with E-state index in [0.717, 1.165) is 4.90 Å². The van der Waals surface area contributed by atoms with Gasteiger partial charge in [0.1, 0.15) is 6.54 Å². The van der Waals surface area contributed by atoms with Crippen LogP contribution in [0, 0.1) is 0 Å². The number of aromatic amines is 1. The number of amides is 1. The highest BCUT2D eigenvalue weighted by molar-refractivity contribution is 6.33. The Morgan fingerprint density at radius 3 is 2.59 bits per heavy atom. The fraction of sp³-hybridized carbons (Fsp3) is 0.250. The number of quaternary nitrogens is 1. The van der Waals surface area contributed by atoms with E-state index < -0.39 is 0 Å². The lowest BCUT2D eigenvalue weighted by Crippen LogP contribution is -3.08. The summed E-state index contributed by atoms with van der Waals surface area (Å²) in [6, 6.07) is 10.3. The van der Waals surface area contributed by atoms with Crippen LogP contribution in [0.4, 0.5) is 5.69 Å². The minimum absolute atomic E-state index is 0.179. The lowest BCUT2D eigenvalue weighted by atomic mass is 10.2. The monoisotopic (exact) mass is 417 g/mol. The normalized spacial score (nSPS) is 11.9. The van der Waals surface area contributed by atoms with E-state index >= 15 is 0 Å². The molecule has 29 heavy (non-hydrogen) atoms. The van der Waals surface area contributed by atoms with E-state index in [0.29, 0.717) is 45.5 Å². The van der Waals surface area contributed by atoms with Crippen molar-refractivity contribution in [3.63, 3.8) is 0 Å². The number of likely N-dealkylation sites (N-methyl/N-ethyl adjacent to an activating group) is 1. The van der Waals surface area contributed by atoms with E-state index in [1.807, 2.05) is 7.05 Å². The molecule has 1 unspecified atom stereocenters. The lowest BCUT2D eigenvalue weighted by Gasteiger charge is -2.14. The first-order valence-electron chi connectivity index (χ1n) is 8.92. The largest absolute Gasteiger partial charge is 0.493 e. The molecule has 0 aliphatic carbocycles. The van der Waals surface area contributed by atoms with Crippen LogP contribution in [0.15, 0.2) is 41.2 Å².